The van der Waals surface area contributed by atoms with Crippen molar-refractivity contribution in [2.24, 2.45) is 0 Å². The summed E-state index contributed by atoms with van der Waals surface area (Å²) >= 11 is 0. The first-order chi connectivity index (χ1) is 8.76. The molecule has 1 aromatic carbocycles. The Morgan fingerprint density at radius 2 is 2.17 bits per heavy atom. The normalized spacial score (nSPS) is 11.8. The number of hydrogen-bond donors (Lipinski definition) is 2. The number of nitrogens with one attached hydrogen (secondary N) is 1. The second-order valence-electron chi connectivity index (χ2n) is 3.93. The highest BCUT2D eigenvalue weighted by atomic mass is 16.5. The molecule has 0 aliphatic carbocycles. The molecule has 0 aliphatic rings. The summed E-state index contributed by atoms with van der Waals surface area (Å²) in [4.78, 5) is 11.4. The third kappa shape index (κ3) is 5.61. The molecule has 1 rings (SSSR count). The van der Waals surface area contributed by atoms with Gasteiger partial charge in [0.2, 0.25) is 0 Å². The molecule has 0 fully saturated rings. The number of carbonyl (C=O) groups is 1. The lowest BCUT2D eigenvalue weighted by molar-refractivity contribution is -0.144. The maximum Gasteiger partial charge on any atom is 0.320 e. The van der Waals surface area contributed by atoms with Crippen molar-refractivity contribution in [3.05, 3.63) is 48.6 Å². The monoisotopic (exact) mass is 249 g/mol. The fourth-order valence-corrected chi connectivity index (χ4v) is 1.44. The SMILES string of the molecule is C=CCC(CO)NCC(=O)OCc1ccccc1. The third-order valence-corrected chi connectivity index (χ3v) is 2.45. The Morgan fingerprint density at radius 3 is 2.78 bits per heavy atom. The summed E-state index contributed by atoms with van der Waals surface area (Å²) < 4.78 is 5.09. The summed E-state index contributed by atoms with van der Waals surface area (Å²) in [6.07, 6.45) is 2.31. The van der Waals surface area contributed by atoms with Gasteiger partial charge in [-0.15, -0.1) is 6.58 Å². The lowest BCUT2D eigenvalue weighted by atomic mass is 10.2. The Morgan fingerprint density at radius 1 is 1.44 bits per heavy atom. The second-order valence-corrected chi connectivity index (χ2v) is 3.93. The van der Waals surface area contributed by atoms with E-state index in [9.17, 15) is 4.79 Å². The zero-order valence-electron chi connectivity index (χ0n) is 10.3. The molecule has 0 aliphatic heterocycles. The molecule has 0 saturated heterocycles. The number of benzene rings is 1. The fourth-order valence-electron chi connectivity index (χ4n) is 1.44. The van der Waals surface area contributed by atoms with E-state index in [1.807, 2.05) is 30.3 Å². The highest BCUT2D eigenvalue weighted by Gasteiger charge is 2.08. The zero-order chi connectivity index (χ0) is 13.2. The van der Waals surface area contributed by atoms with Gasteiger partial charge in [0.1, 0.15) is 6.61 Å². The van der Waals surface area contributed by atoms with Gasteiger partial charge in [0.05, 0.1) is 13.2 Å². The molecule has 1 aromatic rings. The first-order valence-electron chi connectivity index (χ1n) is 5.91. The number of aliphatic hydroxyl groups is 1. The van der Waals surface area contributed by atoms with Gasteiger partial charge >= 0.3 is 5.97 Å². The lowest BCUT2D eigenvalue weighted by Crippen LogP contribution is -2.36. The summed E-state index contributed by atoms with van der Waals surface area (Å²) in [6, 6.07) is 9.35. The van der Waals surface area contributed by atoms with E-state index in [0.717, 1.165) is 5.56 Å². The number of hydrogen-bond acceptors (Lipinski definition) is 4. The highest BCUT2D eigenvalue weighted by Crippen LogP contribution is 2.00. The Bertz CT molecular complexity index is 365. The molecule has 0 amide bonds. The highest BCUT2D eigenvalue weighted by molar-refractivity contribution is 5.71. The number of ether oxygens (including phenoxy) is 1. The molecule has 0 saturated carbocycles. The van der Waals surface area contributed by atoms with Crippen LogP contribution in [0.5, 0.6) is 0 Å². The smallest absolute Gasteiger partial charge is 0.320 e. The van der Waals surface area contributed by atoms with Gasteiger partial charge < -0.3 is 15.2 Å². The summed E-state index contributed by atoms with van der Waals surface area (Å²) in [5, 5.41) is 11.9. The number of rotatable bonds is 8. The van der Waals surface area contributed by atoms with E-state index >= 15 is 0 Å². The van der Waals surface area contributed by atoms with E-state index in [4.69, 9.17) is 9.84 Å². The average Bonchev–Trinajstić information content (AvgIpc) is 2.42. The molecule has 1 unspecified atom stereocenters. The van der Waals surface area contributed by atoms with Crippen LogP contribution in [0.25, 0.3) is 0 Å². The topological polar surface area (TPSA) is 58.6 Å². The Balaban J connectivity index is 2.23. The zero-order valence-corrected chi connectivity index (χ0v) is 10.3. The van der Waals surface area contributed by atoms with E-state index in [-0.39, 0.29) is 31.8 Å². The molecular formula is C14H19NO3. The Hall–Kier alpha value is -1.65. The molecule has 0 aromatic heterocycles. The van der Waals surface area contributed by atoms with Crippen molar-refractivity contribution in [3.8, 4) is 0 Å². The van der Waals surface area contributed by atoms with E-state index in [1.165, 1.54) is 0 Å². The largest absolute Gasteiger partial charge is 0.460 e. The molecule has 4 nitrogen and oxygen atoms in total. The van der Waals surface area contributed by atoms with Crippen molar-refractivity contribution in [3.63, 3.8) is 0 Å². The van der Waals surface area contributed by atoms with Crippen LogP contribution in [0, 0.1) is 0 Å². The van der Waals surface area contributed by atoms with Gasteiger partial charge in [0.15, 0.2) is 0 Å². The molecule has 0 heterocycles. The third-order valence-electron chi connectivity index (χ3n) is 2.45. The fraction of sp³-hybridized carbons (Fsp3) is 0.357. The molecule has 1 atom stereocenters. The van der Waals surface area contributed by atoms with Crippen LogP contribution in [-0.2, 0) is 16.1 Å². The van der Waals surface area contributed by atoms with Gasteiger partial charge in [-0.1, -0.05) is 36.4 Å². The van der Waals surface area contributed by atoms with Crippen molar-refractivity contribution >= 4 is 5.97 Å². The molecule has 0 radical (unpaired) electrons. The molecule has 0 spiro atoms. The van der Waals surface area contributed by atoms with Crippen LogP contribution in [0.3, 0.4) is 0 Å². The van der Waals surface area contributed by atoms with Crippen LogP contribution in [-0.4, -0.2) is 30.3 Å². The van der Waals surface area contributed by atoms with Crippen LogP contribution < -0.4 is 5.32 Å². The van der Waals surface area contributed by atoms with Crippen molar-refractivity contribution < 1.29 is 14.6 Å². The molecule has 98 valence electrons. The first-order valence-corrected chi connectivity index (χ1v) is 5.91. The van der Waals surface area contributed by atoms with Crippen LogP contribution in [0.4, 0.5) is 0 Å². The van der Waals surface area contributed by atoms with Crippen LogP contribution in [0.2, 0.25) is 0 Å². The maximum absolute atomic E-state index is 11.4. The standard InChI is InChI=1S/C14H19NO3/c1-2-6-13(10-16)15-9-14(17)18-11-12-7-4-3-5-8-12/h2-5,7-8,13,15-16H,1,6,9-11H2. The second kappa shape index (κ2) is 8.44. The van der Waals surface area contributed by atoms with Gasteiger partial charge in [-0.2, -0.15) is 0 Å². The van der Waals surface area contributed by atoms with Gasteiger partial charge in [-0.05, 0) is 12.0 Å². The molecule has 4 heteroatoms. The van der Waals surface area contributed by atoms with Crippen LogP contribution in [0.15, 0.2) is 43.0 Å². The Kier molecular flexibility index (Phi) is 6.76. The summed E-state index contributed by atoms with van der Waals surface area (Å²) in [6.45, 7) is 3.91. The van der Waals surface area contributed by atoms with E-state index in [1.54, 1.807) is 6.08 Å². The minimum Gasteiger partial charge on any atom is -0.460 e. The van der Waals surface area contributed by atoms with Crippen molar-refractivity contribution in [2.75, 3.05) is 13.2 Å². The molecule has 18 heavy (non-hydrogen) atoms. The van der Waals surface area contributed by atoms with Crippen LogP contribution >= 0.6 is 0 Å². The van der Waals surface area contributed by atoms with E-state index < -0.39 is 0 Å². The molecule has 0 bridgehead atoms. The molecular weight excluding hydrogens is 230 g/mol. The minimum absolute atomic E-state index is 0.0298. The van der Waals surface area contributed by atoms with Crippen LogP contribution in [0.1, 0.15) is 12.0 Å². The van der Waals surface area contributed by atoms with E-state index in [2.05, 4.69) is 11.9 Å². The lowest BCUT2D eigenvalue weighted by Gasteiger charge is -2.13. The van der Waals surface area contributed by atoms with Crippen molar-refractivity contribution in [1.29, 1.82) is 0 Å². The van der Waals surface area contributed by atoms with Gasteiger partial charge in [0.25, 0.3) is 0 Å². The first kappa shape index (κ1) is 14.4. The quantitative estimate of drug-likeness (QED) is 0.538. The predicted octanol–water partition coefficient (Wildman–Crippen LogP) is 1.26. The van der Waals surface area contributed by atoms with E-state index in [0.29, 0.717) is 6.42 Å². The van der Waals surface area contributed by atoms with Crippen molar-refractivity contribution in [2.45, 2.75) is 19.1 Å². The molecule has 2 N–H and O–H groups in total. The van der Waals surface area contributed by atoms with Gasteiger partial charge in [-0.25, -0.2) is 0 Å². The number of esters is 1. The van der Waals surface area contributed by atoms with Gasteiger partial charge in [-0.3, -0.25) is 4.79 Å². The predicted molar refractivity (Wildman–Crippen MR) is 69.9 cm³/mol. The number of aliphatic hydroxyl groups excluding tert-OH is 1. The summed E-state index contributed by atoms with van der Waals surface area (Å²) in [5.74, 6) is -0.332. The maximum atomic E-state index is 11.4. The summed E-state index contributed by atoms with van der Waals surface area (Å²) in [5.41, 5.74) is 0.954. The minimum atomic E-state index is -0.332. The summed E-state index contributed by atoms with van der Waals surface area (Å²) in [7, 11) is 0. The Labute approximate surface area is 107 Å². The van der Waals surface area contributed by atoms with Crippen molar-refractivity contribution in [1.82, 2.24) is 5.32 Å². The van der Waals surface area contributed by atoms with Gasteiger partial charge in [0, 0.05) is 6.04 Å². The average molecular weight is 249 g/mol. The number of carbonyl (C=O) groups excluding carboxylic acids is 1.